The molecule has 0 aromatic carbocycles. The van der Waals surface area contributed by atoms with Crippen LogP contribution < -0.4 is 0 Å². The van der Waals surface area contributed by atoms with E-state index in [4.69, 9.17) is 14.6 Å². The highest BCUT2D eigenvalue weighted by molar-refractivity contribution is 5.86. The van der Waals surface area contributed by atoms with E-state index < -0.39 is 5.97 Å². The van der Waals surface area contributed by atoms with Crippen molar-refractivity contribution >= 4 is 17.9 Å². The van der Waals surface area contributed by atoms with Crippen LogP contribution in [-0.2, 0) is 23.9 Å². The average Bonchev–Trinajstić information content (AvgIpc) is 2.58. The van der Waals surface area contributed by atoms with E-state index in [1.54, 1.807) is 6.92 Å². The average molecular weight is 370 g/mol. The molecule has 0 aromatic heterocycles. The molecule has 0 aliphatic heterocycles. The standard InChI is InChI=1S/C20H34O6/c1-17(2)20(24)26-16-12-8-4-3-7-11-15-25-19(23)14-10-6-5-9-13-18(21)22/h1,3-16H2,2H3,(H,21,22). The number of unbranched alkanes of at least 4 members (excludes halogenated alkanes) is 8. The molecule has 0 heterocycles. The first-order valence-electron chi connectivity index (χ1n) is 9.63. The zero-order valence-corrected chi connectivity index (χ0v) is 16.1. The van der Waals surface area contributed by atoms with Gasteiger partial charge in [0, 0.05) is 18.4 Å². The second-order valence-corrected chi connectivity index (χ2v) is 6.57. The highest BCUT2D eigenvalue weighted by Gasteiger charge is 2.04. The smallest absolute Gasteiger partial charge is 0.333 e. The minimum absolute atomic E-state index is 0.164. The van der Waals surface area contributed by atoms with Crippen molar-refractivity contribution in [3.63, 3.8) is 0 Å². The minimum atomic E-state index is -0.768. The molecule has 0 aliphatic rings. The highest BCUT2D eigenvalue weighted by atomic mass is 16.5. The summed E-state index contributed by atoms with van der Waals surface area (Å²) >= 11 is 0. The summed E-state index contributed by atoms with van der Waals surface area (Å²) < 4.78 is 10.2. The van der Waals surface area contributed by atoms with Crippen LogP contribution in [0.1, 0.15) is 84.0 Å². The van der Waals surface area contributed by atoms with Crippen LogP contribution in [0.15, 0.2) is 12.2 Å². The molecule has 0 aliphatic carbocycles. The van der Waals surface area contributed by atoms with Crippen molar-refractivity contribution in [3.05, 3.63) is 12.2 Å². The van der Waals surface area contributed by atoms with Crippen LogP contribution in [0.3, 0.4) is 0 Å². The largest absolute Gasteiger partial charge is 0.481 e. The topological polar surface area (TPSA) is 89.9 Å². The van der Waals surface area contributed by atoms with E-state index in [1.165, 1.54) is 0 Å². The van der Waals surface area contributed by atoms with Crippen LogP contribution in [-0.4, -0.2) is 36.2 Å². The van der Waals surface area contributed by atoms with Gasteiger partial charge in [0.2, 0.25) is 0 Å². The quantitative estimate of drug-likeness (QED) is 0.232. The van der Waals surface area contributed by atoms with Gasteiger partial charge in [0.1, 0.15) is 0 Å². The zero-order valence-electron chi connectivity index (χ0n) is 16.1. The number of hydrogen-bond acceptors (Lipinski definition) is 5. The molecule has 0 saturated heterocycles. The van der Waals surface area contributed by atoms with E-state index in [1.807, 2.05) is 0 Å². The Bertz CT molecular complexity index is 430. The Labute approximate surface area is 156 Å². The molecule has 0 radical (unpaired) electrons. The molecule has 1 N–H and O–H groups in total. The van der Waals surface area contributed by atoms with Gasteiger partial charge in [-0.15, -0.1) is 0 Å². The Kier molecular flexibility index (Phi) is 15.4. The van der Waals surface area contributed by atoms with Crippen molar-refractivity contribution in [2.45, 2.75) is 84.0 Å². The van der Waals surface area contributed by atoms with Crippen LogP contribution in [0.2, 0.25) is 0 Å². The first-order chi connectivity index (χ1) is 12.4. The molecule has 0 aromatic rings. The molecule has 0 spiro atoms. The van der Waals surface area contributed by atoms with E-state index in [2.05, 4.69) is 6.58 Å². The van der Waals surface area contributed by atoms with Crippen LogP contribution in [0.4, 0.5) is 0 Å². The van der Waals surface area contributed by atoms with Gasteiger partial charge in [-0.05, 0) is 32.6 Å². The molecule has 0 amide bonds. The van der Waals surface area contributed by atoms with Gasteiger partial charge in [-0.3, -0.25) is 9.59 Å². The molecule has 150 valence electrons. The van der Waals surface area contributed by atoms with E-state index in [0.29, 0.717) is 31.6 Å². The molecule has 6 nitrogen and oxygen atoms in total. The number of carboxylic acids is 1. The van der Waals surface area contributed by atoms with E-state index in [0.717, 1.165) is 57.8 Å². The number of rotatable bonds is 17. The summed E-state index contributed by atoms with van der Waals surface area (Å²) in [6.07, 6.45) is 9.67. The van der Waals surface area contributed by atoms with Crippen LogP contribution in [0.25, 0.3) is 0 Å². The molecule has 0 fully saturated rings. The highest BCUT2D eigenvalue weighted by Crippen LogP contribution is 2.08. The third-order valence-electron chi connectivity index (χ3n) is 3.90. The molecular formula is C20H34O6. The maximum Gasteiger partial charge on any atom is 0.333 e. The number of carbonyl (C=O) groups is 3. The van der Waals surface area contributed by atoms with Crippen molar-refractivity contribution in [1.29, 1.82) is 0 Å². The number of esters is 2. The number of carboxylic acid groups (broad SMARTS) is 1. The number of ether oxygens (including phenoxy) is 2. The third-order valence-corrected chi connectivity index (χ3v) is 3.90. The van der Waals surface area contributed by atoms with Gasteiger partial charge in [-0.1, -0.05) is 45.1 Å². The van der Waals surface area contributed by atoms with Gasteiger partial charge in [0.25, 0.3) is 0 Å². The molecule has 6 heteroatoms. The molecule has 26 heavy (non-hydrogen) atoms. The fourth-order valence-corrected chi connectivity index (χ4v) is 2.36. The summed E-state index contributed by atoms with van der Waals surface area (Å²) in [5.41, 5.74) is 0.428. The van der Waals surface area contributed by atoms with Crippen LogP contribution in [0.5, 0.6) is 0 Å². The Morgan fingerprint density at radius 1 is 0.731 bits per heavy atom. The Balaban J connectivity index is 3.27. The van der Waals surface area contributed by atoms with Crippen molar-refractivity contribution < 1.29 is 29.0 Å². The van der Waals surface area contributed by atoms with Crippen molar-refractivity contribution in [3.8, 4) is 0 Å². The SMILES string of the molecule is C=C(C)C(=O)OCCCCCCCCOC(=O)CCCCCCC(=O)O. The Hall–Kier alpha value is -1.85. The monoisotopic (exact) mass is 370 g/mol. The van der Waals surface area contributed by atoms with Crippen molar-refractivity contribution in [2.75, 3.05) is 13.2 Å². The number of hydrogen-bond donors (Lipinski definition) is 1. The molecule has 0 atom stereocenters. The Morgan fingerprint density at radius 2 is 1.19 bits per heavy atom. The van der Waals surface area contributed by atoms with Gasteiger partial charge >= 0.3 is 17.9 Å². The predicted molar refractivity (Wildman–Crippen MR) is 99.8 cm³/mol. The predicted octanol–water partition coefficient (Wildman–Crippen LogP) is 4.41. The molecule has 0 unspecified atom stereocenters. The first-order valence-corrected chi connectivity index (χ1v) is 9.63. The van der Waals surface area contributed by atoms with Crippen molar-refractivity contribution in [2.24, 2.45) is 0 Å². The molecule has 0 rings (SSSR count). The summed E-state index contributed by atoms with van der Waals surface area (Å²) in [6, 6.07) is 0. The minimum Gasteiger partial charge on any atom is -0.481 e. The van der Waals surface area contributed by atoms with Crippen LogP contribution in [0, 0.1) is 0 Å². The fraction of sp³-hybridized carbons (Fsp3) is 0.750. The summed E-state index contributed by atoms with van der Waals surface area (Å²) in [5.74, 6) is -1.26. The van der Waals surface area contributed by atoms with Gasteiger partial charge in [-0.25, -0.2) is 4.79 Å². The summed E-state index contributed by atoms with van der Waals surface area (Å²) in [6.45, 7) is 6.08. The number of carbonyl (C=O) groups excluding carboxylic acids is 2. The summed E-state index contributed by atoms with van der Waals surface area (Å²) in [5, 5.41) is 8.51. The maximum atomic E-state index is 11.5. The van der Waals surface area contributed by atoms with E-state index in [9.17, 15) is 14.4 Å². The first kappa shape index (κ1) is 24.1. The number of aliphatic carboxylic acids is 1. The summed E-state index contributed by atoms with van der Waals surface area (Å²) in [4.78, 5) is 33.0. The Morgan fingerprint density at radius 3 is 1.73 bits per heavy atom. The molecular weight excluding hydrogens is 336 g/mol. The lowest BCUT2D eigenvalue weighted by Crippen LogP contribution is -2.06. The van der Waals surface area contributed by atoms with Gasteiger partial charge < -0.3 is 14.6 Å². The second kappa shape index (κ2) is 16.6. The van der Waals surface area contributed by atoms with E-state index in [-0.39, 0.29) is 18.4 Å². The van der Waals surface area contributed by atoms with Gasteiger partial charge in [0.05, 0.1) is 13.2 Å². The summed E-state index contributed by atoms with van der Waals surface area (Å²) in [7, 11) is 0. The third kappa shape index (κ3) is 17.0. The lowest BCUT2D eigenvalue weighted by molar-refractivity contribution is -0.144. The zero-order chi connectivity index (χ0) is 19.6. The lowest BCUT2D eigenvalue weighted by Gasteiger charge is -2.06. The maximum absolute atomic E-state index is 11.5. The van der Waals surface area contributed by atoms with Crippen LogP contribution >= 0.6 is 0 Å². The lowest BCUT2D eigenvalue weighted by atomic mass is 10.1. The molecule has 0 saturated carbocycles. The molecule has 0 bridgehead atoms. The van der Waals surface area contributed by atoms with Gasteiger partial charge in [0.15, 0.2) is 0 Å². The van der Waals surface area contributed by atoms with Crippen molar-refractivity contribution in [1.82, 2.24) is 0 Å². The second-order valence-electron chi connectivity index (χ2n) is 6.57. The van der Waals surface area contributed by atoms with Gasteiger partial charge in [-0.2, -0.15) is 0 Å². The fourth-order valence-electron chi connectivity index (χ4n) is 2.36. The normalized spacial score (nSPS) is 10.3. The van der Waals surface area contributed by atoms with E-state index >= 15 is 0 Å².